The number of carbonyl (C=O) groups is 6. The highest BCUT2D eigenvalue weighted by Gasteiger charge is 2.30. The second-order valence-electron chi connectivity index (χ2n) is 9.65. The van der Waals surface area contributed by atoms with E-state index in [1.807, 2.05) is 13.8 Å². The molecule has 0 radical (unpaired) electrons. The van der Waals surface area contributed by atoms with Gasteiger partial charge in [0.1, 0.15) is 0 Å². The van der Waals surface area contributed by atoms with Crippen molar-refractivity contribution in [2.24, 2.45) is 10.8 Å². The Bertz CT molecular complexity index is 785. The Balaban J connectivity index is 0.000000479. The van der Waals surface area contributed by atoms with Crippen molar-refractivity contribution in [2.75, 3.05) is 26.3 Å². The average molecular weight is 482 g/mol. The molecule has 0 spiro atoms. The molecule has 2 heterocycles. The molecular formula is C23H35N3O8. The van der Waals surface area contributed by atoms with Crippen molar-refractivity contribution in [1.29, 1.82) is 0 Å². The molecule has 11 heteroatoms. The van der Waals surface area contributed by atoms with Gasteiger partial charge in [-0.2, -0.15) is 0 Å². The van der Waals surface area contributed by atoms with Gasteiger partial charge in [-0.3, -0.25) is 33.7 Å². The topological polar surface area (TPSA) is 139 Å². The summed E-state index contributed by atoms with van der Waals surface area (Å²) in [5.74, 6) is -1.82. The number of hydrogen-bond acceptors (Lipinski definition) is 8. The fraction of sp³-hybridized carbons (Fsp3) is 0.652. The molecule has 0 unspecified atom stereocenters. The molecule has 34 heavy (non-hydrogen) atoms. The van der Waals surface area contributed by atoms with Gasteiger partial charge in [0.15, 0.2) is 0 Å². The van der Waals surface area contributed by atoms with Gasteiger partial charge >= 0.3 is 6.47 Å². The van der Waals surface area contributed by atoms with Crippen LogP contribution < -0.4 is 5.32 Å². The summed E-state index contributed by atoms with van der Waals surface area (Å²) in [6.45, 7) is 12.4. The summed E-state index contributed by atoms with van der Waals surface area (Å²) in [6, 6.07) is 0. The first-order valence-corrected chi connectivity index (χ1v) is 11.2. The lowest BCUT2D eigenvalue weighted by molar-refractivity contribution is -0.188. The monoisotopic (exact) mass is 481 g/mol. The maximum absolute atomic E-state index is 11.9. The maximum Gasteiger partial charge on any atom is 0.321 e. The molecule has 0 aromatic carbocycles. The predicted octanol–water partition coefficient (Wildman–Crippen LogP) is 1.12. The van der Waals surface area contributed by atoms with Gasteiger partial charge < -0.3 is 14.9 Å². The van der Waals surface area contributed by atoms with E-state index >= 15 is 0 Å². The summed E-state index contributed by atoms with van der Waals surface area (Å²) in [7, 11) is 0. The number of nitrogens with one attached hydrogen (secondary N) is 1. The minimum atomic E-state index is -0.461. The molecule has 0 aromatic heterocycles. The van der Waals surface area contributed by atoms with Crippen molar-refractivity contribution in [3.05, 3.63) is 12.2 Å². The Morgan fingerprint density at radius 3 is 2.03 bits per heavy atom. The highest BCUT2D eigenvalue weighted by molar-refractivity contribution is 6.13. The third-order valence-corrected chi connectivity index (χ3v) is 5.32. The number of amides is 5. The molecule has 1 saturated heterocycles. The lowest BCUT2D eigenvalue weighted by atomic mass is 9.91. The number of nitrogens with zero attached hydrogens (tertiary/aromatic N) is 2. The molecule has 1 N–H and O–H groups in total. The Morgan fingerprint density at radius 2 is 1.53 bits per heavy atom. The zero-order chi connectivity index (χ0) is 25.9. The van der Waals surface area contributed by atoms with E-state index in [1.165, 1.54) is 12.2 Å². The largest absolute Gasteiger partial charge is 0.380 e. The van der Waals surface area contributed by atoms with Gasteiger partial charge in [0, 0.05) is 49.9 Å². The normalized spacial score (nSPS) is 16.0. The second-order valence-corrected chi connectivity index (χ2v) is 9.65. The Labute approximate surface area is 199 Å². The number of ether oxygens (including phenoxy) is 1. The lowest BCUT2D eigenvalue weighted by Gasteiger charge is -2.28. The molecule has 11 nitrogen and oxygen atoms in total. The van der Waals surface area contributed by atoms with Crippen molar-refractivity contribution in [2.45, 2.75) is 60.3 Å². The van der Waals surface area contributed by atoms with Crippen molar-refractivity contribution in [1.82, 2.24) is 15.3 Å². The highest BCUT2D eigenvalue weighted by atomic mass is 16.7. The van der Waals surface area contributed by atoms with Crippen LogP contribution in [0, 0.1) is 10.8 Å². The van der Waals surface area contributed by atoms with Gasteiger partial charge in [-0.05, 0) is 11.8 Å². The highest BCUT2D eigenvalue weighted by Crippen LogP contribution is 2.22. The first kappa shape index (κ1) is 29.0. The number of hydrogen-bond donors (Lipinski definition) is 1. The lowest BCUT2D eigenvalue weighted by Crippen LogP contribution is -2.39. The predicted molar refractivity (Wildman–Crippen MR) is 120 cm³/mol. The fourth-order valence-corrected chi connectivity index (χ4v) is 2.76. The molecule has 0 saturated carbocycles. The molecule has 0 aromatic rings. The van der Waals surface area contributed by atoms with Crippen LogP contribution in [0.4, 0.5) is 0 Å². The van der Waals surface area contributed by atoms with Crippen LogP contribution in [-0.2, 0) is 38.3 Å². The summed E-state index contributed by atoms with van der Waals surface area (Å²) < 4.78 is 5.80. The number of rotatable bonds is 12. The Hall–Kier alpha value is -3.08. The van der Waals surface area contributed by atoms with Gasteiger partial charge in [0.05, 0.1) is 13.2 Å². The van der Waals surface area contributed by atoms with Gasteiger partial charge in [-0.15, -0.1) is 5.06 Å². The van der Waals surface area contributed by atoms with E-state index < -0.39 is 11.8 Å². The van der Waals surface area contributed by atoms with Crippen LogP contribution in [0.5, 0.6) is 0 Å². The van der Waals surface area contributed by atoms with Gasteiger partial charge in [0.25, 0.3) is 23.6 Å². The summed E-state index contributed by atoms with van der Waals surface area (Å²) in [6.07, 6.45) is 3.86. The third-order valence-electron chi connectivity index (χ3n) is 5.32. The van der Waals surface area contributed by atoms with E-state index in [0.29, 0.717) is 24.8 Å². The summed E-state index contributed by atoms with van der Waals surface area (Å²) in [4.78, 5) is 70.8. The molecule has 190 valence electrons. The van der Waals surface area contributed by atoms with Gasteiger partial charge in [-0.25, -0.2) is 0 Å². The Kier molecular flexibility index (Phi) is 11.0. The summed E-state index contributed by atoms with van der Waals surface area (Å²) in [5, 5.41) is 3.33. The molecule has 2 aliphatic rings. The van der Waals surface area contributed by atoms with Crippen molar-refractivity contribution in [3.8, 4) is 0 Å². The zero-order valence-electron chi connectivity index (χ0n) is 20.5. The minimum absolute atomic E-state index is 0.0567. The average Bonchev–Trinajstić information content (AvgIpc) is 3.26. The van der Waals surface area contributed by atoms with E-state index in [4.69, 9.17) is 4.74 Å². The first-order chi connectivity index (χ1) is 15.8. The van der Waals surface area contributed by atoms with E-state index in [9.17, 15) is 28.8 Å². The molecule has 2 aliphatic heterocycles. The molecule has 0 aliphatic carbocycles. The molecule has 2 rings (SSSR count). The minimum Gasteiger partial charge on any atom is -0.380 e. The summed E-state index contributed by atoms with van der Waals surface area (Å²) in [5.41, 5.74) is -0.0253. The van der Waals surface area contributed by atoms with Gasteiger partial charge in [-0.1, -0.05) is 34.6 Å². The van der Waals surface area contributed by atoms with E-state index in [1.54, 1.807) is 0 Å². The van der Waals surface area contributed by atoms with Crippen LogP contribution in [0.25, 0.3) is 0 Å². The van der Waals surface area contributed by atoms with E-state index in [0.717, 1.165) is 11.3 Å². The van der Waals surface area contributed by atoms with Gasteiger partial charge in [0.2, 0.25) is 5.91 Å². The quantitative estimate of drug-likeness (QED) is 0.323. The van der Waals surface area contributed by atoms with Crippen LogP contribution in [0.3, 0.4) is 0 Å². The van der Waals surface area contributed by atoms with Crippen molar-refractivity contribution >= 4 is 36.0 Å². The molecule has 0 atom stereocenters. The van der Waals surface area contributed by atoms with Crippen molar-refractivity contribution in [3.63, 3.8) is 0 Å². The number of hydroxylamine groups is 2. The molecule has 1 fully saturated rings. The van der Waals surface area contributed by atoms with Crippen LogP contribution >= 0.6 is 0 Å². The Morgan fingerprint density at radius 1 is 1.00 bits per heavy atom. The standard InChI is InChI=1S/C18H30N2O4.C5H5NO4/c1-6-17(2,3)12-24-13-18(4,5)11-19-14(21)9-10-20-15(22)7-8-16(20)23;7-3-10-6-4(8)1-2-5(6)9/h7-8H,6,9-13H2,1-5H3,(H,19,21);3H,1-2H2. The smallest absolute Gasteiger partial charge is 0.321 e. The van der Waals surface area contributed by atoms with Crippen LogP contribution in [-0.4, -0.2) is 72.3 Å². The second kappa shape index (κ2) is 13.0. The third kappa shape index (κ3) is 9.82. The van der Waals surface area contributed by atoms with E-state index in [2.05, 4.69) is 30.9 Å². The first-order valence-electron chi connectivity index (χ1n) is 11.2. The van der Waals surface area contributed by atoms with E-state index in [-0.39, 0.29) is 60.8 Å². The summed E-state index contributed by atoms with van der Waals surface area (Å²) >= 11 is 0. The van der Waals surface area contributed by atoms with Crippen LogP contribution in [0.2, 0.25) is 0 Å². The van der Waals surface area contributed by atoms with Crippen molar-refractivity contribution < 1.29 is 38.3 Å². The zero-order valence-corrected chi connectivity index (χ0v) is 20.5. The van der Waals surface area contributed by atoms with Crippen LogP contribution in [0.15, 0.2) is 12.2 Å². The van der Waals surface area contributed by atoms with Crippen LogP contribution in [0.1, 0.15) is 60.3 Å². The maximum atomic E-state index is 11.9. The SMILES string of the molecule is CCC(C)(C)COCC(C)(C)CNC(=O)CCN1C(=O)C=CC1=O.O=CON1C(=O)CCC1=O. The fourth-order valence-electron chi connectivity index (χ4n) is 2.76. The molecular weight excluding hydrogens is 446 g/mol. The molecule has 5 amide bonds. The molecule has 0 bridgehead atoms. The number of imide groups is 2. The number of carbonyl (C=O) groups excluding carboxylic acids is 6.